The lowest BCUT2D eigenvalue weighted by molar-refractivity contribution is -0.120. The molecule has 1 unspecified atom stereocenters. The minimum Gasteiger partial charge on any atom is -0.300 e. The van der Waals surface area contributed by atoms with Gasteiger partial charge in [-0.05, 0) is 31.9 Å². The van der Waals surface area contributed by atoms with Gasteiger partial charge in [-0.15, -0.1) is 0 Å². The summed E-state index contributed by atoms with van der Waals surface area (Å²) in [5, 5.41) is 0. The second kappa shape index (κ2) is 5.01. The van der Waals surface area contributed by atoms with Crippen molar-refractivity contribution in [1.82, 2.24) is 0 Å². The highest BCUT2D eigenvalue weighted by molar-refractivity contribution is 5.78. The van der Waals surface area contributed by atoms with Crippen LogP contribution in [-0.4, -0.2) is 5.78 Å². The van der Waals surface area contributed by atoms with Crippen LogP contribution in [-0.2, 0) is 11.2 Å². The van der Waals surface area contributed by atoms with E-state index in [1.807, 2.05) is 6.92 Å². The van der Waals surface area contributed by atoms with Crippen molar-refractivity contribution in [2.24, 2.45) is 5.92 Å². The fraction of sp³-hybridized carbons (Fsp3) is 0.417. The van der Waals surface area contributed by atoms with Crippen LogP contribution in [0.3, 0.4) is 0 Å². The SMILES string of the molecule is CCC(Cc1c(F)cccc1F)C(C)=O. The van der Waals surface area contributed by atoms with Crippen LogP contribution in [0.4, 0.5) is 8.78 Å². The molecule has 1 aromatic carbocycles. The first-order chi connectivity index (χ1) is 7.06. The minimum atomic E-state index is -0.574. The molecule has 0 aliphatic carbocycles. The summed E-state index contributed by atoms with van der Waals surface area (Å²) in [7, 11) is 0. The summed E-state index contributed by atoms with van der Waals surface area (Å²) in [6.07, 6.45) is 0.743. The standard InChI is InChI=1S/C12H14F2O/c1-3-9(8(2)15)7-10-11(13)5-4-6-12(10)14/h4-6,9H,3,7H2,1-2H3. The second-order valence-corrected chi connectivity index (χ2v) is 3.62. The normalized spacial score (nSPS) is 12.5. The smallest absolute Gasteiger partial charge is 0.133 e. The Morgan fingerprint density at radius 3 is 2.27 bits per heavy atom. The first-order valence-corrected chi connectivity index (χ1v) is 4.99. The number of hydrogen-bond acceptors (Lipinski definition) is 1. The summed E-state index contributed by atoms with van der Waals surface area (Å²) in [6, 6.07) is 3.75. The molecule has 0 amide bonds. The highest BCUT2D eigenvalue weighted by Gasteiger charge is 2.17. The molecule has 15 heavy (non-hydrogen) atoms. The lowest BCUT2D eigenvalue weighted by atomic mass is 9.93. The van der Waals surface area contributed by atoms with E-state index in [2.05, 4.69) is 0 Å². The fourth-order valence-corrected chi connectivity index (χ4v) is 1.55. The van der Waals surface area contributed by atoms with Crippen molar-refractivity contribution < 1.29 is 13.6 Å². The van der Waals surface area contributed by atoms with E-state index in [0.29, 0.717) is 6.42 Å². The molecule has 0 aliphatic heterocycles. The van der Waals surface area contributed by atoms with Crippen LogP contribution in [0.15, 0.2) is 18.2 Å². The molecular weight excluding hydrogens is 198 g/mol. The van der Waals surface area contributed by atoms with Gasteiger partial charge >= 0.3 is 0 Å². The Hall–Kier alpha value is -1.25. The monoisotopic (exact) mass is 212 g/mol. The van der Waals surface area contributed by atoms with Crippen molar-refractivity contribution in [1.29, 1.82) is 0 Å². The molecule has 0 N–H and O–H groups in total. The fourth-order valence-electron chi connectivity index (χ4n) is 1.55. The van der Waals surface area contributed by atoms with Gasteiger partial charge in [0.25, 0.3) is 0 Å². The third-order valence-electron chi connectivity index (χ3n) is 2.58. The Kier molecular flexibility index (Phi) is 3.95. The molecule has 1 nitrogen and oxygen atoms in total. The average molecular weight is 212 g/mol. The van der Waals surface area contributed by atoms with E-state index in [9.17, 15) is 13.6 Å². The van der Waals surface area contributed by atoms with Gasteiger partial charge in [0, 0.05) is 11.5 Å². The number of carbonyl (C=O) groups is 1. The quantitative estimate of drug-likeness (QED) is 0.749. The van der Waals surface area contributed by atoms with E-state index >= 15 is 0 Å². The first-order valence-electron chi connectivity index (χ1n) is 4.99. The van der Waals surface area contributed by atoms with Crippen LogP contribution in [0.2, 0.25) is 0 Å². The molecule has 0 saturated heterocycles. The molecule has 1 atom stereocenters. The van der Waals surface area contributed by atoms with E-state index in [4.69, 9.17) is 0 Å². The van der Waals surface area contributed by atoms with Crippen LogP contribution in [0.5, 0.6) is 0 Å². The first kappa shape index (κ1) is 11.8. The van der Waals surface area contributed by atoms with Crippen molar-refractivity contribution in [2.75, 3.05) is 0 Å². The van der Waals surface area contributed by atoms with E-state index < -0.39 is 11.6 Å². The Bertz CT molecular complexity index is 340. The van der Waals surface area contributed by atoms with Gasteiger partial charge in [-0.1, -0.05) is 13.0 Å². The van der Waals surface area contributed by atoms with Gasteiger partial charge in [-0.2, -0.15) is 0 Å². The molecule has 0 saturated carbocycles. The molecule has 1 aromatic rings. The highest BCUT2D eigenvalue weighted by Crippen LogP contribution is 2.19. The zero-order chi connectivity index (χ0) is 11.4. The summed E-state index contributed by atoms with van der Waals surface area (Å²) < 4.78 is 26.5. The molecule has 0 aromatic heterocycles. The average Bonchev–Trinajstić information content (AvgIpc) is 2.17. The third-order valence-corrected chi connectivity index (χ3v) is 2.58. The maximum absolute atomic E-state index is 13.3. The number of halogens is 2. The molecule has 1 rings (SSSR count). The van der Waals surface area contributed by atoms with Crippen molar-refractivity contribution in [3.05, 3.63) is 35.4 Å². The van der Waals surface area contributed by atoms with Crippen molar-refractivity contribution in [3.63, 3.8) is 0 Å². The number of rotatable bonds is 4. The molecule has 82 valence electrons. The molecule has 0 aliphatic rings. The van der Waals surface area contributed by atoms with Crippen LogP contribution >= 0.6 is 0 Å². The van der Waals surface area contributed by atoms with E-state index in [0.717, 1.165) is 0 Å². The molecule has 0 heterocycles. The lowest BCUT2D eigenvalue weighted by Crippen LogP contribution is -2.14. The largest absolute Gasteiger partial charge is 0.300 e. The maximum atomic E-state index is 13.3. The van der Waals surface area contributed by atoms with Gasteiger partial charge in [-0.25, -0.2) is 8.78 Å². The Labute approximate surface area is 88.1 Å². The van der Waals surface area contributed by atoms with Crippen molar-refractivity contribution in [3.8, 4) is 0 Å². The van der Waals surface area contributed by atoms with Gasteiger partial charge < -0.3 is 0 Å². The summed E-state index contributed by atoms with van der Waals surface area (Å²) in [4.78, 5) is 11.2. The van der Waals surface area contributed by atoms with E-state index in [-0.39, 0.29) is 23.7 Å². The third kappa shape index (κ3) is 2.85. The van der Waals surface area contributed by atoms with Crippen molar-refractivity contribution >= 4 is 5.78 Å². The van der Waals surface area contributed by atoms with Gasteiger partial charge in [0.15, 0.2) is 0 Å². The van der Waals surface area contributed by atoms with Gasteiger partial charge in [0.1, 0.15) is 17.4 Å². The molecule has 0 spiro atoms. The lowest BCUT2D eigenvalue weighted by Gasteiger charge is -2.12. The summed E-state index contributed by atoms with van der Waals surface area (Å²) in [6.45, 7) is 3.29. The van der Waals surface area contributed by atoms with Gasteiger partial charge in [-0.3, -0.25) is 4.79 Å². The number of benzene rings is 1. The van der Waals surface area contributed by atoms with Crippen LogP contribution in [0, 0.1) is 17.6 Å². The number of ketones is 1. The molecular formula is C12H14F2O. The van der Waals surface area contributed by atoms with Crippen LogP contribution in [0.1, 0.15) is 25.8 Å². The number of carbonyl (C=O) groups excluding carboxylic acids is 1. The summed E-state index contributed by atoms with van der Waals surface area (Å²) in [5.74, 6) is -1.47. The van der Waals surface area contributed by atoms with E-state index in [1.165, 1.54) is 25.1 Å². The van der Waals surface area contributed by atoms with Crippen LogP contribution in [0.25, 0.3) is 0 Å². The van der Waals surface area contributed by atoms with Gasteiger partial charge in [0.2, 0.25) is 0 Å². The Morgan fingerprint density at radius 1 is 1.33 bits per heavy atom. The molecule has 0 bridgehead atoms. The Morgan fingerprint density at radius 2 is 1.87 bits per heavy atom. The Balaban J connectivity index is 2.92. The zero-order valence-electron chi connectivity index (χ0n) is 8.89. The van der Waals surface area contributed by atoms with E-state index in [1.54, 1.807) is 0 Å². The summed E-state index contributed by atoms with van der Waals surface area (Å²) in [5.41, 5.74) is 0.0135. The predicted octanol–water partition coefficient (Wildman–Crippen LogP) is 3.12. The minimum absolute atomic E-state index is 0.0135. The number of Topliss-reactive ketones (excluding diaryl/α,β-unsaturated/α-hetero) is 1. The molecule has 0 radical (unpaired) electrons. The molecule has 3 heteroatoms. The number of hydrogen-bond donors (Lipinski definition) is 0. The zero-order valence-corrected chi connectivity index (χ0v) is 8.89. The van der Waals surface area contributed by atoms with Crippen molar-refractivity contribution in [2.45, 2.75) is 26.7 Å². The second-order valence-electron chi connectivity index (χ2n) is 3.62. The highest BCUT2D eigenvalue weighted by atomic mass is 19.1. The topological polar surface area (TPSA) is 17.1 Å². The van der Waals surface area contributed by atoms with Gasteiger partial charge in [0.05, 0.1) is 0 Å². The van der Waals surface area contributed by atoms with Crippen LogP contribution < -0.4 is 0 Å². The summed E-state index contributed by atoms with van der Waals surface area (Å²) >= 11 is 0. The maximum Gasteiger partial charge on any atom is 0.133 e. The molecule has 0 fully saturated rings. The predicted molar refractivity (Wildman–Crippen MR) is 54.5 cm³/mol.